The summed E-state index contributed by atoms with van der Waals surface area (Å²) in [5, 5.41) is 2.83. The highest BCUT2D eigenvalue weighted by Crippen LogP contribution is 2.31. The summed E-state index contributed by atoms with van der Waals surface area (Å²) in [6, 6.07) is 9.28. The van der Waals surface area contributed by atoms with Crippen LogP contribution in [0.15, 0.2) is 47.4 Å². The molecule has 0 unspecified atom stereocenters. The van der Waals surface area contributed by atoms with Crippen molar-refractivity contribution in [3.8, 4) is 5.75 Å². The van der Waals surface area contributed by atoms with Crippen LogP contribution < -0.4 is 14.8 Å². The van der Waals surface area contributed by atoms with E-state index in [1.807, 2.05) is 0 Å². The fraction of sp³-hybridized carbons (Fsp3) is 0.435. The Morgan fingerprint density at radius 3 is 2.48 bits per heavy atom. The van der Waals surface area contributed by atoms with E-state index in [0.29, 0.717) is 17.9 Å². The van der Waals surface area contributed by atoms with Gasteiger partial charge in [0, 0.05) is 12.1 Å². The third kappa shape index (κ3) is 6.69. The Bertz CT molecular complexity index is 987. The molecule has 0 radical (unpaired) electrons. The van der Waals surface area contributed by atoms with Gasteiger partial charge in [-0.05, 0) is 61.2 Å². The van der Waals surface area contributed by atoms with Crippen LogP contribution in [0.5, 0.6) is 5.75 Å². The second-order valence-electron chi connectivity index (χ2n) is 7.92. The molecule has 2 aromatic carbocycles. The topological polar surface area (TPSA) is 84.5 Å². The van der Waals surface area contributed by atoms with Gasteiger partial charge in [-0.2, -0.15) is 0 Å². The molecule has 0 saturated heterocycles. The third-order valence-corrected chi connectivity index (χ3v) is 6.97. The van der Waals surface area contributed by atoms with E-state index in [1.54, 1.807) is 12.1 Å². The van der Waals surface area contributed by atoms with Crippen LogP contribution in [-0.4, -0.2) is 21.4 Å². The first-order chi connectivity index (χ1) is 14.9. The molecular formula is C23H29FN2O4S. The van der Waals surface area contributed by atoms with Crippen molar-refractivity contribution in [3.05, 3.63) is 48.3 Å². The number of halogens is 1. The Kier molecular flexibility index (Phi) is 7.90. The smallest absolute Gasteiger partial charge is 0.262 e. The van der Waals surface area contributed by atoms with Gasteiger partial charge in [-0.25, -0.2) is 12.8 Å². The summed E-state index contributed by atoms with van der Waals surface area (Å²) in [5.41, 5.74) is 0.659. The average Bonchev–Trinajstić information content (AvgIpc) is 2.75. The number of carbonyl (C=O) groups is 1. The molecule has 1 aliphatic rings. The van der Waals surface area contributed by atoms with Crippen LogP contribution in [0.1, 0.15) is 51.4 Å². The Balaban J connectivity index is 1.62. The van der Waals surface area contributed by atoms with Crippen molar-refractivity contribution in [2.75, 3.05) is 17.1 Å². The average molecular weight is 449 g/mol. The molecule has 1 amide bonds. The Morgan fingerprint density at radius 2 is 1.81 bits per heavy atom. The van der Waals surface area contributed by atoms with Crippen LogP contribution in [0.4, 0.5) is 15.8 Å². The van der Waals surface area contributed by atoms with E-state index < -0.39 is 15.8 Å². The first-order valence-corrected chi connectivity index (χ1v) is 12.1. The van der Waals surface area contributed by atoms with Gasteiger partial charge in [0.1, 0.15) is 11.6 Å². The van der Waals surface area contributed by atoms with E-state index in [9.17, 15) is 17.6 Å². The summed E-state index contributed by atoms with van der Waals surface area (Å²) >= 11 is 0. The number of rotatable bonds is 9. The lowest BCUT2D eigenvalue weighted by Crippen LogP contribution is -2.15. The standard InChI is InChI=1S/C23H29FN2O4S/c1-30-22-15-12-19(25-23(27)9-5-8-17-6-3-2-4-7-17)16-21(22)26-31(28,29)20-13-10-18(24)11-14-20/h10-17,26H,2-9H2,1H3,(H,25,27). The Morgan fingerprint density at radius 1 is 1.10 bits per heavy atom. The summed E-state index contributed by atoms with van der Waals surface area (Å²) < 4.78 is 46.1. The Labute approximate surface area is 183 Å². The summed E-state index contributed by atoms with van der Waals surface area (Å²) in [5.74, 6) is 0.411. The highest BCUT2D eigenvalue weighted by Gasteiger charge is 2.18. The van der Waals surface area contributed by atoms with Crippen LogP contribution in [0.3, 0.4) is 0 Å². The fourth-order valence-corrected chi connectivity index (χ4v) is 4.99. The molecule has 1 fully saturated rings. The van der Waals surface area contributed by atoms with Gasteiger partial charge in [0.15, 0.2) is 0 Å². The monoisotopic (exact) mass is 448 g/mol. The number of ether oxygens (including phenoxy) is 1. The zero-order chi connectivity index (χ0) is 22.3. The van der Waals surface area contributed by atoms with Crippen molar-refractivity contribution >= 4 is 27.3 Å². The van der Waals surface area contributed by atoms with Crippen molar-refractivity contribution in [1.82, 2.24) is 0 Å². The summed E-state index contributed by atoms with van der Waals surface area (Å²) in [6.45, 7) is 0. The maximum absolute atomic E-state index is 13.1. The number of benzene rings is 2. The van der Waals surface area contributed by atoms with Gasteiger partial charge in [0.05, 0.1) is 17.7 Å². The number of nitrogens with one attached hydrogen (secondary N) is 2. The molecule has 1 saturated carbocycles. The molecule has 0 bridgehead atoms. The molecule has 0 aliphatic heterocycles. The number of anilines is 2. The van der Waals surface area contributed by atoms with Crippen molar-refractivity contribution in [3.63, 3.8) is 0 Å². The predicted molar refractivity (Wildman–Crippen MR) is 119 cm³/mol. The molecule has 2 N–H and O–H groups in total. The maximum atomic E-state index is 13.1. The molecule has 168 valence electrons. The zero-order valence-electron chi connectivity index (χ0n) is 17.7. The molecule has 31 heavy (non-hydrogen) atoms. The van der Waals surface area contributed by atoms with Gasteiger partial charge < -0.3 is 10.1 Å². The predicted octanol–water partition coefficient (Wildman–Crippen LogP) is 5.32. The quantitative estimate of drug-likeness (QED) is 0.543. The van der Waals surface area contributed by atoms with Gasteiger partial charge >= 0.3 is 0 Å². The van der Waals surface area contributed by atoms with E-state index in [4.69, 9.17) is 4.74 Å². The van der Waals surface area contributed by atoms with Gasteiger partial charge in [-0.15, -0.1) is 0 Å². The molecule has 0 aromatic heterocycles. The molecule has 0 atom stereocenters. The number of sulfonamides is 1. The zero-order valence-corrected chi connectivity index (χ0v) is 18.5. The maximum Gasteiger partial charge on any atom is 0.262 e. The van der Waals surface area contributed by atoms with Crippen molar-refractivity contribution in [2.45, 2.75) is 56.3 Å². The highest BCUT2D eigenvalue weighted by molar-refractivity contribution is 7.92. The molecule has 0 heterocycles. The molecule has 0 spiro atoms. The highest BCUT2D eigenvalue weighted by atomic mass is 32.2. The normalized spacial score (nSPS) is 14.8. The van der Waals surface area contributed by atoms with Crippen LogP contribution in [-0.2, 0) is 14.8 Å². The number of methoxy groups -OCH3 is 1. The lowest BCUT2D eigenvalue weighted by molar-refractivity contribution is -0.116. The summed E-state index contributed by atoms with van der Waals surface area (Å²) in [6.07, 6.45) is 8.77. The van der Waals surface area contributed by atoms with Gasteiger partial charge in [-0.1, -0.05) is 32.1 Å². The van der Waals surface area contributed by atoms with Crippen LogP contribution in [0.25, 0.3) is 0 Å². The van der Waals surface area contributed by atoms with Crippen LogP contribution in [0, 0.1) is 11.7 Å². The second kappa shape index (κ2) is 10.6. The van der Waals surface area contributed by atoms with Gasteiger partial charge in [0.2, 0.25) is 5.91 Å². The molecular weight excluding hydrogens is 419 g/mol. The third-order valence-electron chi connectivity index (χ3n) is 5.59. The minimum atomic E-state index is -3.94. The van der Waals surface area contributed by atoms with Crippen LogP contribution in [0.2, 0.25) is 0 Å². The van der Waals surface area contributed by atoms with Crippen molar-refractivity contribution < 1.29 is 22.3 Å². The largest absolute Gasteiger partial charge is 0.495 e. The molecule has 6 nitrogen and oxygen atoms in total. The molecule has 1 aliphatic carbocycles. The minimum absolute atomic E-state index is 0.0758. The van der Waals surface area contributed by atoms with E-state index >= 15 is 0 Å². The second-order valence-corrected chi connectivity index (χ2v) is 9.60. The number of hydrogen-bond donors (Lipinski definition) is 2. The molecule has 3 rings (SSSR count). The number of amides is 1. The first-order valence-electron chi connectivity index (χ1n) is 10.6. The minimum Gasteiger partial charge on any atom is -0.495 e. The fourth-order valence-electron chi connectivity index (χ4n) is 3.93. The summed E-state index contributed by atoms with van der Waals surface area (Å²) in [7, 11) is -2.52. The van der Waals surface area contributed by atoms with Crippen molar-refractivity contribution in [2.24, 2.45) is 5.92 Å². The van der Waals surface area contributed by atoms with E-state index in [0.717, 1.165) is 30.9 Å². The lowest BCUT2D eigenvalue weighted by Gasteiger charge is -2.21. The Hall–Kier alpha value is -2.61. The van der Waals surface area contributed by atoms with E-state index in [-0.39, 0.29) is 16.5 Å². The first kappa shape index (κ1) is 23.1. The number of carbonyl (C=O) groups excluding carboxylic acids is 1. The van der Waals surface area contributed by atoms with Crippen molar-refractivity contribution in [1.29, 1.82) is 0 Å². The molecule has 2 aromatic rings. The number of hydrogen-bond acceptors (Lipinski definition) is 4. The SMILES string of the molecule is COc1ccc(NC(=O)CCCC2CCCCC2)cc1NS(=O)(=O)c1ccc(F)cc1. The van der Waals surface area contributed by atoms with Crippen LogP contribution >= 0.6 is 0 Å². The van der Waals surface area contributed by atoms with Gasteiger partial charge in [0.25, 0.3) is 10.0 Å². The van der Waals surface area contributed by atoms with E-state index in [1.165, 1.54) is 57.4 Å². The summed E-state index contributed by atoms with van der Waals surface area (Å²) in [4.78, 5) is 12.3. The van der Waals surface area contributed by atoms with Gasteiger partial charge in [-0.3, -0.25) is 9.52 Å². The van der Waals surface area contributed by atoms with E-state index in [2.05, 4.69) is 10.0 Å². The molecule has 8 heteroatoms. The lowest BCUT2D eigenvalue weighted by atomic mass is 9.86.